The fourth-order valence-corrected chi connectivity index (χ4v) is 1.92. The van der Waals surface area contributed by atoms with Crippen molar-refractivity contribution in [3.63, 3.8) is 0 Å². The number of rotatable bonds is 10. The normalized spacial score (nSPS) is 13.1. The predicted octanol–water partition coefficient (Wildman–Crippen LogP) is 3.50. The summed E-state index contributed by atoms with van der Waals surface area (Å²) in [4.78, 5) is 0. The maximum Gasteiger partial charge on any atom is -0.00460 e. The molecule has 0 amide bonds. The van der Waals surface area contributed by atoms with Crippen molar-refractivity contribution in [2.24, 2.45) is 5.92 Å². The molecule has 0 aromatic rings. The molecule has 0 aromatic carbocycles. The van der Waals surface area contributed by atoms with E-state index in [1.54, 1.807) is 0 Å². The molecular weight excluding hydrogens is 190 g/mol. The van der Waals surface area contributed by atoms with Gasteiger partial charge in [0.1, 0.15) is 0 Å². The van der Waals surface area contributed by atoms with E-state index in [1.807, 2.05) is 0 Å². The van der Waals surface area contributed by atoms with Gasteiger partial charge in [0.05, 0.1) is 0 Å². The van der Waals surface area contributed by atoms with E-state index in [0.29, 0.717) is 0 Å². The third-order valence-corrected chi connectivity index (χ3v) is 3.18. The third kappa shape index (κ3) is 8.89. The van der Waals surface area contributed by atoms with Crippen LogP contribution in [-0.2, 0) is 0 Å². The molecular formula is C12H27NS. The van der Waals surface area contributed by atoms with Crippen molar-refractivity contribution >= 4 is 12.6 Å². The van der Waals surface area contributed by atoms with Crippen molar-refractivity contribution in [1.29, 1.82) is 0 Å². The Bertz CT molecular complexity index is 106. The second-order valence-corrected chi connectivity index (χ2v) is 4.45. The van der Waals surface area contributed by atoms with Crippen LogP contribution in [0.15, 0.2) is 0 Å². The SMILES string of the molecule is CCCCNCCC(CS)CCCC. The van der Waals surface area contributed by atoms with E-state index in [2.05, 4.69) is 31.8 Å². The Labute approximate surface area is 95.5 Å². The van der Waals surface area contributed by atoms with E-state index >= 15 is 0 Å². The fraction of sp³-hybridized carbons (Fsp3) is 1.00. The zero-order valence-corrected chi connectivity index (χ0v) is 10.8. The molecule has 1 atom stereocenters. The molecule has 0 radical (unpaired) electrons. The summed E-state index contributed by atoms with van der Waals surface area (Å²) < 4.78 is 0. The van der Waals surface area contributed by atoms with Gasteiger partial charge >= 0.3 is 0 Å². The van der Waals surface area contributed by atoms with Gasteiger partial charge in [-0.1, -0.05) is 33.1 Å². The summed E-state index contributed by atoms with van der Waals surface area (Å²) >= 11 is 4.40. The molecule has 2 heteroatoms. The maximum absolute atomic E-state index is 4.40. The average molecular weight is 217 g/mol. The zero-order chi connectivity index (χ0) is 10.6. The minimum atomic E-state index is 0.826. The summed E-state index contributed by atoms with van der Waals surface area (Å²) in [5.74, 6) is 1.88. The van der Waals surface area contributed by atoms with Crippen LogP contribution in [0.5, 0.6) is 0 Å². The molecule has 1 nitrogen and oxygen atoms in total. The number of thiol groups is 1. The minimum absolute atomic E-state index is 0.826. The Balaban J connectivity index is 3.24. The van der Waals surface area contributed by atoms with Gasteiger partial charge in [-0.05, 0) is 44.0 Å². The summed E-state index contributed by atoms with van der Waals surface area (Å²) in [7, 11) is 0. The summed E-state index contributed by atoms with van der Waals surface area (Å²) in [6.07, 6.45) is 7.93. The molecule has 0 heterocycles. The summed E-state index contributed by atoms with van der Waals surface area (Å²) in [6, 6.07) is 0. The van der Waals surface area contributed by atoms with Gasteiger partial charge in [0.15, 0.2) is 0 Å². The highest BCUT2D eigenvalue weighted by Crippen LogP contribution is 2.13. The molecule has 0 saturated heterocycles. The van der Waals surface area contributed by atoms with Crippen LogP contribution in [0.1, 0.15) is 52.4 Å². The van der Waals surface area contributed by atoms with Crippen molar-refractivity contribution in [1.82, 2.24) is 5.32 Å². The molecule has 0 fully saturated rings. The van der Waals surface area contributed by atoms with E-state index in [4.69, 9.17) is 0 Å². The van der Waals surface area contributed by atoms with Gasteiger partial charge in [-0.2, -0.15) is 12.6 Å². The van der Waals surface area contributed by atoms with Gasteiger partial charge < -0.3 is 5.32 Å². The van der Waals surface area contributed by atoms with Gasteiger partial charge in [0.25, 0.3) is 0 Å². The first-order valence-corrected chi connectivity index (χ1v) is 6.79. The van der Waals surface area contributed by atoms with Crippen LogP contribution in [0, 0.1) is 5.92 Å². The second-order valence-electron chi connectivity index (χ2n) is 4.08. The quantitative estimate of drug-likeness (QED) is 0.421. The summed E-state index contributed by atoms with van der Waals surface area (Å²) in [5, 5.41) is 3.49. The largest absolute Gasteiger partial charge is 0.317 e. The zero-order valence-electron chi connectivity index (χ0n) is 9.89. The molecule has 0 rings (SSSR count). The first-order chi connectivity index (χ1) is 6.85. The van der Waals surface area contributed by atoms with Gasteiger partial charge in [0, 0.05) is 0 Å². The molecule has 86 valence electrons. The Morgan fingerprint density at radius 1 is 1.00 bits per heavy atom. The van der Waals surface area contributed by atoms with Gasteiger partial charge in [-0.15, -0.1) is 0 Å². The molecule has 0 spiro atoms. The lowest BCUT2D eigenvalue weighted by molar-refractivity contribution is 0.459. The average Bonchev–Trinajstić information content (AvgIpc) is 2.22. The van der Waals surface area contributed by atoms with Crippen molar-refractivity contribution < 1.29 is 0 Å². The van der Waals surface area contributed by atoms with Crippen LogP contribution >= 0.6 is 12.6 Å². The summed E-state index contributed by atoms with van der Waals surface area (Å²) in [5.41, 5.74) is 0. The minimum Gasteiger partial charge on any atom is -0.317 e. The van der Waals surface area contributed by atoms with E-state index in [-0.39, 0.29) is 0 Å². The maximum atomic E-state index is 4.40. The van der Waals surface area contributed by atoms with Gasteiger partial charge in [-0.25, -0.2) is 0 Å². The second kappa shape index (κ2) is 11.4. The Morgan fingerprint density at radius 2 is 1.71 bits per heavy atom. The third-order valence-electron chi connectivity index (χ3n) is 2.66. The van der Waals surface area contributed by atoms with Gasteiger partial charge in [0.2, 0.25) is 0 Å². The van der Waals surface area contributed by atoms with Crippen molar-refractivity contribution in [2.45, 2.75) is 52.4 Å². The molecule has 0 bridgehead atoms. The number of hydrogen-bond acceptors (Lipinski definition) is 2. The predicted molar refractivity (Wildman–Crippen MR) is 69.3 cm³/mol. The monoisotopic (exact) mass is 217 g/mol. The number of unbranched alkanes of at least 4 members (excludes halogenated alkanes) is 2. The molecule has 0 aliphatic carbocycles. The highest BCUT2D eigenvalue weighted by Gasteiger charge is 2.04. The lowest BCUT2D eigenvalue weighted by Gasteiger charge is -2.13. The first kappa shape index (κ1) is 14.3. The Morgan fingerprint density at radius 3 is 2.29 bits per heavy atom. The van der Waals surface area contributed by atoms with E-state index in [0.717, 1.165) is 11.7 Å². The van der Waals surface area contributed by atoms with E-state index < -0.39 is 0 Å². The lowest BCUT2D eigenvalue weighted by atomic mass is 10.0. The number of hydrogen-bond donors (Lipinski definition) is 2. The highest BCUT2D eigenvalue weighted by atomic mass is 32.1. The van der Waals surface area contributed by atoms with Crippen LogP contribution < -0.4 is 5.32 Å². The molecule has 14 heavy (non-hydrogen) atoms. The van der Waals surface area contributed by atoms with Crippen LogP contribution in [0.2, 0.25) is 0 Å². The van der Waals surface area contributed by atoms with Crippen LogP contribution in [0.4, 0.5) is 0 Å². The van der Waals surface area contributed by atoms with Gasteiger partial charge in [-0.3, -0.25) is 0 Å². The molecule has 0 aliphatic heterocycles. The van der Waals surface area contributed by atoms with E-state index in [1.165, 1.54) is 51.6 Å². The Kier molecular flexibility index (Phi) is 11.6. The topological polar surface area (TPSA) is 12.0 Å². The van der Waals surface area contributed by atoms with Crippen molar-refractivity contribution in [3.05, 3.63) is 0 Å². The van der Waals surface area contributed by atoms with Crippen LogP contribution in [0.25, 0.3) is 0 Å². The molecule has 0 aliphatic rings. The number of nitrogens with one attached hydrogen (secondary N) is 1. The molecule has 0 aromatic heterocycles. The Hall–Kier alpha value is 0.310. The smallest absolute Gasteiger partial charge is 0.00460 e. The lowest BCUT2D eigenvalue weighted by Crippen LogP contribution is -2.20. The molecule has 0 saturated carbocycles. The van der Waals surface area contributed by atoms with Crippen molar-refractivity contribution in [3.8, 4) is 0 Å². The standard InChI is InChI=1S/C12H27NS/c1-3-5-7-12(11-14)8-10-13-9-6-4-2/h12-14H,3-11H2,1-2H3. The first-order valence-electron chi connectivity index (χ1n) is 6.16. The molecule has 1 N–H and O–H groups in total. The fourth-order valence-electron chi connectivity index (χ4n) is 1.55. The summed E-state index contributed by atoms with van der Waals surface area (Å²) in [6.45, 7) is 6.85. The van der Waals surface area contributed by atoms with Crippen LogP contribution in [0.3, 0.4) is 0 Å². The van der Waals surface area contributed by atoms with Crippen molar-refractivity contribution in [2.75, 3.05) is 18.8 Å². The van der Waals surface area contributed by atoms with E-state index in [9.17, 15) is 0 Å². The van der Waals surface area contributed by atoms with Crippen LogP contribution in [-0.4, -0.2) is 18.8 Å². The molecule has 1 unspecified atom stereocenters. The highest BCUT2D eigenvalue weighted by molar-refractivity contribution is 7.80.